The zero-order valence-electron chi connectivity index (χ0n) is 12.0. The van der Waals surface area contributed by atoms with Crippen LogP contribution in [-0.4, -0.2) is 36.1 Å². The molecule has 0 aliphatic carbocycles. The number of rotatable bonds is 3. The summed E-state index contributed by atoms with van der Waals surface area (Å²) in [5, 5.41) is 1.23. The normalized spacial score (nSPS) is 18.6. The summed E-state index contributed by atoms with van der Waals surface area (Å²) in [5.41, 5.74) is 3.47. The smallest absolute Gasteiger partial charge is 0.228 e. The van der Waals surface area contributed by atoms with Gasteiger partial charge in [0.05, 0.1) is 19.1 Å². The van der Waals surface area contributed by atoms with Gasteiger partial charge in [-0.3, -0.25) is 4.79 Å². The largest absolute Gasteiger partial charge is 0.381 e. The second-order valence-corrected chi connectivity index (χ2v) is 5.53. The first-order valence-corrected chi connectivity index (χ1v) is 7.05. The lowest BCUT2D eigenvalue weighted by Crippen LogP contribution is -2.33. The second kappa shape index (κ2) is 5.29. The summed E-state index contributed by atoms with van der Waals surface area (Å²) in [6.45, 7) is 3.99. The Morgan fingerprint density at radius 3 is 2.95 bits per heavy atom. The maximum atomic E-state index is 12.3. The van der Waals surface area contributed by atoms with Crippen LogP contribution in [0.2, 0.25) is 0 Å². The van der Waals surface area contributed by atoms with E-state index in [0.29, 0.717) is 19.8 Å². The summed E-state index contributed by atoms with van der Waals surface area (Å²) >= 11 is 0. The number of H-pyrrole nitrogens is 1. The third kappa shape index (κ3) is 2.31. The highest BCUT2D eigenvalue weighted by molar-refractivity contribution is 5.84. The van der Waals surface area contributed by atoms with Crippen LogP contribution >= 0.6 is 0 Å². The molecule has 0 spiro atoms. The molecule has 4 heteroatoms. The van der Waals surface area contributed by atoms with Gasteiger partial charge in [-0.1, -0.05) is 18.2 Å². The Hall–Kier alpha value is -1.81. The van der Waals surface area contributed by atoms with Crippen LogP contribution < -0.4 is 0 Å². The molecule has 3 rings (SSSR count). The number of carbonyl (C=O) groups is 1. The van der Waals surface area contributed by atoms with Crippen LogP contribution in [0.1, 0.15) is 17.7 Å². The van der Waals surface area contributed by atoms with Crippen molar-refractivity contribution in [3.8, 4) is 0 Å². The molecule has 1 unspecified atom stereocenters. The molecule has 1 aliphatic rings. The number of para-hydroxylation sites is 1. The molecule has 1 atom stereocenters. The first-order chi connectivity index (χ1) is 9.66. The van der Waals surface area contributed by atoms with Crippen molar-refractivity contribution in [1.82, 2.24) is 9.88 Å². The standard InChI is InChI=1S/C16H20N2O2/c1-11-13-5-3-4-6-14(13)17-15(11)9-18(2)16(19)12-7-8-20-10-12/h3-6,12,17H,7-10H2,1-2H3. The van der Waals surface area contributed by atoms with Gasteiger partial charge in [-0.2, -0.15) is 0 Å². The van der Waals surface area contributed by atoms with E-state index < -0.39 is 0 Å². The Morgan fingerprint density at radius 2 is 2.25 bits per heavy atom. The summed E-state index contributed by atoms with van der Waals surface area (Å²) in [7, 11) is 1.87. The average Bonchev–Trinajstić information content (AvgIpc) is 3.08. The molecule has 106 valence electrons. The van der Waals surface area contributed by atoms with E-state index in [1.807, 2.05) is 19.2 Å². The third-order valence-corrected chi connectivity index (χ3v) is 4.12. The van der Waals surface area contributed by atoms with Crippen LogP contribution in [0.15, 0.2) is 24.3 Å². The Balaban J connectivity index is 1.78. The molecule has 0 saturated carbocycles. The van der Waals surface area contributed by atoms with Crippen molar-refractivity contribution in [2.75, 3.05) is 20.3 Å². The van der Waals surface area contributed by atoms with Crippen molar-refractivity contribution >= 4 is 16.8 Å². The van der Waals surface area contributed by atoms with E-state index in [1.165, 1.54) is 10.9 Å². The monoisotopic (exact) mass is 272 g/mol. The van der Waals surface area contributed by atoms with Crippen LogP contribution in [0.5, 0.6) is 0 Å². The first-order valence-electron chi connectivity index (χ1n) is 7.05. The van der Waals surface area contributed by atoms with Gasteiger partial charge in [-0.05, 0) is 25.0 Å². The number of aromatic nitrogens is 1. The van der Waals surface area contributed by atoms with Crippen LogP contribution in [-0.2, 0) is 16.1 Å². The zero-order valence-corrected chi connectivity index (χ0v) is 12.0. The second-order valence-electron chi connectivity index (χ2n) is 5.53. The SMILES string of the molecule is Cc1c(CN(C)C(=O)C2CCOC2)[nH]c2ccccc12. The van der Waals surface area contributed by atoms with Crippen molar-refractivity contribution in [1.29, 1.82) is 0 Å². The number of fused-ring (bicyclic) bond motifs is 1. The third-order valence-electron chi connectivity index (χ3n) is 4.12. The fraction of sp³-hybridized carbons (Fsp3) is 0.438. The maximum Gasteiger partial charge on any atom is 0.228 e. The van der Waals surface area contributed by atoms with E-state index >= 15 is 0 Å². The molecule has 0 bridgehead atoms. The van der Waals surface area contributed by atoms with Gasteiger partial charge in [0.2, 0.25) is 5.91 Å². The number of ether oxygens (including phenoxy) is 1. The summed E-state index contributed by atoms with van der Waals surface area (Å²) < 4.78 is 5.30. The van der Waals surface area contributed by atoms with Gasteiger partial charge < -0.3 is 14.6 Å². The fourth-order valence-electron chi connectivity index (χ4n) is 2.85. The number of aromatic amines is 1. The van der Waals surface area contributed by atoms with Crippen molar-refractivity contribution in [3.05, 3.63) is 35.5 Å². The number of carbonyl (C=O) groups excluding carboxylic acids is 1. The zero-order chi connectivity index (χ0) is 14.1. The van der Waals surface area contributed by atoms with Crippen LogP contribution in [0.4, 0.5) is 0 Å². The first kappa shape index (κ1) is 13.2. The van der Waals surface area contributed by atoms with Crippen molar-refractivity contribution in [2.45, 2.75) is 19.9 Å². The molecule has 1 N–H and O–H groups in total. The number of hydrogen-bond donors (Lipinski definition) is 1. The van der Waals surface area contributed by atoms with Gasteiger partial charge in [0, 0.05) is 30.3 Å². The molecule has 0 radical (unpaired) electrons. The molecule has 1 fully saturated rings. The van der Waals surface area contributed by atoms with Gasteiger partial charge >= 0.3 is 0 Å². The molecule has 1 aliphatic heterocycles. The van der Waals surface area contributed by atoms with E-state index in [2.05, 4.69) is 24.0 Å². The lowest BCUT2D eigenvalue weighted by Gasteiger charge is -2.20. The van der Waals surface area contributed by atoms with E-state index in [0.717, 1.165) is 17.6 Å². The average molecular weight is 272 g/mol. The molecule has 1 saturated heterocycles. The number of aryl methyl sites for hydroxylation is 1. The fourth-order valence-corrected chi connectivity index (χ4v) is 2.85. The highest BCUT2D eigenvalue weighted by Gasteiger charge is 2.26. The van der Waals surface area contributed by atoms with Gasteiger partial charge in [0.1, 0.15) is 0 Å². The van der Waals surface area contributed by atoms with Gasteiger partial charge in [-0.25, -0.2) is 0 Å². The number of hydrogen-bond acceptors (Lipinski definition) is 2. The number of amides is 1. The van der Waals surface area contributed by atoms with Crippen LogP contribution in [0, 0.1) is 12.8 Å². The molecule has 2 aromatic rings. The molecule has 2 heterocycles. The van der Waals surface area contributed by atoms with Crippen molar-refractivity contribution in [3.63, 3.8) is 0 Å². The lowest BCUT2D eigenvalue weighted by molar-refractivity contribution is -0.134. The molecule has 1 aromatic carbocycles. The minimum Gasteiger partial charge on any atom is -0.381 e. The molecule has 1 amide bonds. The summed E-state index contributed by atoms with van der Waals surface area (Å²) in [6.07, 6.45) is 0.842. The predicted octanol–water partition coefficient (Wildman–Crippen LogP) is 2.47. The molecule has 4 nitrogen and oxygen atoms in total. The Bertz CT molecular complexity index is 626. The Morgan fingerprint density at radius 1 is 1.45 bits per heavy atom. The van der Waals surface area contributed by atoms with E-state index in [9.17, 15) is 4.79 Å². The van der Waals surface area contributed by atoms with E-state index in [1.54, 1.807) is 4.90 Å². The van der Waals surface area contributed by atoms with Crippen LogP contribution in [0.3, 0.4) is 0 Å². The highest BCUT2D eigenvalue weighted by Crippen LogP contribution is 2.23. The quantitative estimate of drug-likeness (QED) is 0.933. The van der Waals surface area contributed by atoms with E-state index in [-0.39, 0.29) is 11.8 Å². The maximum absolute atomic E-state index is 12.3. The Labute approximate surface area is 118 Å². The summed E-state index contributed by atoms with van der Waals surface area (Å²) in [4.78, 5) is 17.5. The van der Waals surface area contributed by atoms with Gasteiger partial charge in [0.25, 0.3) is 0 Å². The van der Waals surface area contributed by atoms with Crippen molar-refractivity contribution < 1.29 is 9.53 Å². The molecule has 1 aromatic heterocycles. The number of nitrogens with one attached hydrogen (secondary N) is 1. The summed E-state index contributed by atoms with van der Waals surface area (Å²) in [6, 6.07) is 8.24. The van der Waals surface area contributed by atoms with Crippen LogP contribution in [0.25, 0.3) is 10.9 Å². The van der Waals surface area contributed by atoms with Gasteiger partial charge in [0.15, 0.2) is 0 Å². The highest BCUT2D eigenvalue weighted by atomic mass is 16.5. The van der Waals surface area contributed by atoms with Gasteiger partial charge in [-0.15, -0.1) is 0 Å². The minimum absolute atomic E-state index is 0.0321. The minimum atomic E-state index is 0.0321. The lowest BCUT2D eigenvalue weighted by atomic mass is 10.1. The molecular weight excluding hydrogens is 252 g/mol. The molecular formula is C16H20N2O2. The Kier molecular flexibility index (Phi) is 3.49. The number of benzene rings is 1. The molecule has 20 heavy (non-hydrogen) atoms. The van der Waals surface area contributed by atoms with E-state index in [4.69, 9.17) is 4.74 Å². The topological polar surface area (TPSA) is 45.3 Å². The number of nitrogens with zero attached hydrogens (tertiary/aromatic N) is 1. The predicted molar refractivity (Wildman–Crippen MR) is 78.4 cm³/mol. The van der Waals surface area contributed by atoms with Crippen molar-refractivity contribution in [2.24, 2.45) is 5.92 Å². The summed E-state index contributed by atoms with van der Waals surface area (Å²) in [5.74, 6) is 0.213.